The van der Waals surface area contributed by atoms with Crippen LogP contribution in [0.5, 0.6) is 0 Å². The predicted molar refractivity (Wildman–Crippen MR) is 88.0 cm³/mol. The summed E-state index contributed by atoms with van der Waals surface area (Å²) >= 11 is 0. The standard InChI is InChI=1S/C18H34N2O/c1-12(2)15-7-6-14(5)10-16(15)20-17(21)18(13(3)4)8-9-19-11-18/h12-16,19H,6-11H2,1-5H3,(H,20,21). The highest BCUT2D eigenvalue weighted by molar-refractivity contribution is 5.84. The van der Waals surface area contributed by atoms with Crippen LogP contribution < -0.4 is 10.6 Å². The van der Waals surface area contributed by atoms with Crippen LogP contribution in [0.4, 0.5) is 0 Å². The first-order valence-electron chi connectivity index (χ1n) is 8.88. The third-order valence-corrected chi connectivity index (χ3v) is 6.08. The normalized spacial score (nSPS) is 37.2. The van der Waals surface area contributed by atoms with Gasteiger partial charge in [0.2, 0.25) is 5.91 Å². The molecule has 2 fully saturated rings. The van der Waals surface area contributed by atoms with Gasteiger partial charge >= 0.3 is 0 Å². The first-order chi connectivity index (χ1) is 9.86. The molecule has 1 aliphatic carbocycles. The van der Waals surface area contributed by atoms with E-state index in [-0.39, 0.29) is 5.41 Å². The van der Waals surface area contributed by atoms with Crippen molar-refractivity contribution in [1.29, 1.82) is 0 Å². The second-order valence-electron chi connectivity index (χ2n) is 8.14. The van der Waals surface area contributed by atoms with Crippen molar-refractivity contribution in [3.63, 3.8) is 0 Å². The van der Waals surface area contributed by atoms with Crippen molar-refractivity contribution in [2.75, 3.05) is 13.1 Å². The third-order valence-electron chi connectivity index (χ3n) is 6.08. The number of carbonyl (C=O) groups excluding carboxylic acids is 1. The maximum Gasteiger partial charge on any atom is 0.228 e. The van der Waals surface area contributed by atoms with Gasteiger partial charge in [-0.3, -0.25) is 4.79 Å². The van der Waals surface area contributed by atoms with Crippen molar-refractivity contribution in [2.24, 2.45) is 29.1 Å². The van der Waals surface area contributed by atoms with Crippen molar-refractivity contribution in [2.45, 2.75) is 66.3 Å². The predicted octanol–water partition coefficient (Wildman–Crippen LogP) is 3.20. The van der Waals surface area contributed by atoms with Crippen LogP contribution in [-0.2, 0) is 4.79 Å². The number of amides is 1. The van der Waals surface area contributed by atoms with Gasteiger partial charge in [0, 0.05) is 12.6 Å². The van der Waals surface area contributed by atoms with Gasteiger partial charge in [0.15, 0.2) is 0 Å². The van der Waals surface area contributed by atoms with E-state index in [9.17, 15) is 4.79 Å². The number of hydrogen-bond acceptors (Lipinski definition) is 2. The molecule has 2 rings (SSSR count). The molecule has 0 aromatic carbocycles. The minimum Gasteiger partial charge on any atom is -0.353 e. The van der Waals surface area contributed by atoms with Gasteiger partial charge in [0.05, 0.1) is 5.41 Å². The van der Waals surface area contributed by atoms with Crippen molar-refractivity contribution in [3.05, 3.63) is 0 Å². The van der Waals surface area contributed by atoms with E-state index in [4.69, 9.17) is 0 Å². The van der Waals surface area contributed by atoms with E-state index in [1.807, 2.05) is 0 Å². The van der Waals surface area contributed by atoms with Crippen LogP contribution in [0, 0.1) is 29.1 Å². The SMILES string of the molecule is CC1CCC(C(C)C)C(NC(=O)C2(C(C)C)CCNC2)C1. The van der Waals surface area contributed by atoms with Gasteiger partial charge in [-0.1, -0.05) is 41.0 Å². The number of nitrogens with one attached hydrogen (secondary N) is 2. The van der Waals surface area contributed by atoms with Crippen LogP contribution in [0.2, 0.25) is 0 Å². The molecule has 0 radical (unpaired) electrons. The first-order valence-corrected chi connectivity index (χ1v) is 8.88. The quantitative estimate of drug-likeness (QED) is 0.836. The maximum atomic E-state index is 13.0. The van der Waals surface area contributed by atoms with Crippen LogP contribution in [-0.4, -0.2) is 25.0 Å². The minimum absolute atomic E-state index is 0.192. The van der Waals surface area contributed by atoms with Gasteiger partial charge in [-0.2, -0.15) is 0 Å². The van der Waals surface area contributed by atoms with Gasteiger partial charge in [0.1, 0.15) is 0 Å². The van der Waals surface area contributed by atoms with E-state index in [1.165, 1.54) is 12.8 Å². The van der Waals surface area contributed by atoms with Crippen molar-refractivity contribution in [1.82, 2.24) is 10.6 Å². The molecule has 1 amide bonds. The minimum atomic E-state index is -0.192. The molecule has 0 aromatic heterocycles. The highest BCUT2D eigenvalue weighted by Gasteiger charge is 2.45. The molecule has 2 aliphatic rings. The van der Waals surface area contributed by atoms with Crippen molar-refractivity contribution < 1.29 is 4.79 Å². The monoisotopic (exact) mass is 294 g/mol. The molecular weight excluding hydrogens is 260 g/mol. The van der Waals surface area contributed by atoms with Crippen molar-refractivity contribution >= 4 is 5.91 Å². The Labute approximate surface area is 130 Å². The highest BCUT2D eigenvalue weighted by Crippen LogP contribution is 2.37. The Morgan fingerprint density at radius 2 is 1.95 bits per heavy atom. The molecule has 21 heavy (non-hydrogen) atoms. The molecule has 1 saturated heterocycles. The maximum absolute atomic E-state index is 13.0. The van der Waals surface area contributed by atoms with E-state index in [0.29, 0.717) is 29.7 Å². The summed E-state index contributed by atoms with van der Waals surface area (Å²) in [6.45, 7) is 13.1. The van der Waals surface area contributed by atoms with Crippen LogP contribution in [0.25, 0.3) is 0 Å². The Morgan fingerprint density at radius 1 is 1.24 bits per heavy atom. The third kappa shape index (κ3) is 3.44. The van der Waals surface area contributed by atoms with Crippen molar-refractivity contribution in [3.8, 4) is 0 Å². The summed E-state index contributed by atoms with van der Waals surface area (Å²) in [5.74, 6) is 2.73. The molecule has 1 heterocycles. The zero-order valence-electron chi connectivity index (χ0n) is 14.5. The number of carbonyl (C=O) groups is 1. The first kappa shape index (κ1) is 16.8. The summed E-state index contributed by atoms with van der Waals surface area (Å²) in [6.07, 6.45) is 4.70. The molecule has 1 aliphatic heterocycles. The average Bonchev–Trinajstić information content (AvgIpc) is 2.88. The molecule has 4 atom stereocenters. The van der Waals surface area contributed by atoms with Gasteiger partial charge in [-0.15, -0.1) is 0 Å². The molecule has 1 saturated carbocycles. The zero-order chi connectivity index (χ0) is 15.6. The Hall–Kier alpha value is -0.570. The fraction of sp³-hybridized carbons (Fsp3) is 0.944. The second kappa shape index (κ2) is 6.68. The summed E-state index contributed by atoms with van der Waals surface area (Å²) in [5.41, 5.74) is -0.192. The molecule has 2 N–H and O–H groups in total. The van der Waals surface area contributed by atoms with Crippen LogP contribution >= 0.6 is 0 Å². The van der Waals surface area contributed by atoms with E-state index in [0.717, 1.165) is 31.8 Å². The van der Waals surface area contributed by atoms with Crippen LogP contribution in [0.1, 0.15) is 60.3 Å². The second-order valence-corrected chi connectivity index (χ2v) is 8.14. The average molecular weight is 294 g/mol. The Kier molecular flexibility index (Phi) is 5.34. The molecule has 0 aromatic rings. The topological polar surface area (TPSA) is 41.1 Å². The van der Waals surface area contributed by atoms with E-state index < -0.39 is 0 Å². The number of hydrogen-bond donors (Lipinski definition) is 2. The summed E-state index contributed by atoms with van der Waals surface area (Å²) in [4.78, 5) is 13.0. The summed E-state index contributed by atoms with van der Waals surface area (Å²) in [5, 5.41) is 6.86. The molecule has 0 bridgehead atoms. The van der Waals surface area contributed by atoms with Gasteiger partial charge < -0.3 is 10.6 Å². The summed E-state index contributed by atoms with van der Waals surface area (Å²) < 4.78 is 0. The molecular formula is C18H34N2O. The van der Waals surface area contributed by atoms with Gasteiger partial charge in [0.25, 0.3) is 0 Å². The molecule has 0 spiro atoms. The lowest BCUT2D eigenvalue weighted by Gasteiger charge is -2.40. The van der Waals surface area contributed by atoms with E-state index in [1.54, 1.807) is 0 Å². The summed E-state index contributed by atoms with van der Waals surface area (Å²) in [6, 6.07) is 0.373. The lowest BCUT2D eigenvalue weighted by molar-refractivity contribution is -0.134. The smallest absolute Gasteiger partial charge is 0.228 e. The molecule has 4 unspecified atom stereocenters. The molecule has 3 nitrogen and oxygen atoms in total. The summed E-state index contributed by atoms with van der Waals surface area (Å²) in [7, 11) is 0. The Balaban J connectivity index is 2.08. The fourth-order valence-corrected chi connectivity index (χ4v) is 4.34. The molecule has 3 heteroatoms. The Bertz CT molecular complexity index is 358. The van der Waals surface area contributed by atoms with Gasteiger partial charge in [-0.25, -0.2) is 0 Å². The van der Waals surface area contributed by atoms with E-state index in [2.05, 4.69) is 45.3 Å². The highest BCUT2D eigenvalue weighted by atomic mass is 16.2. The number of rotatable bonds is 4. The fourth-order valence-electron chi connectivity index (χ4n) is 4.34. The zero-order valence-corrected chi connectivity index (χ0v) is 14.5. The lowest BCUT2D eigenvalue weighted by Crippen LogP contribution is -2.53. The van der Waals surface area contributed by atoms with Crippen LogP contribution in [0.15, 0.2) is 0 Å². The van der Waals surface area contributed by atoms with Crippen LogP contribution in [0.3, 0.4) is 0 Å². The molecule has 122 valence electrons. The van der Waals surface area contributed by atoms with E-state index >= 15 is 0 Å². The lowest BCUT2D eigenvalue weighted by atomic mass is 9.72. The largest absolute Gasteiger partial charge is 0.353 e. The van der Waals surface area contributed by atoms with Gasteiger partial charge in [-0.05, 0) is 49.5 Å². The Morgan fingerprint density at radius 3 is 2.48 bits per heavy atom.